The van der Waals surface area contributed by atoms with Crippen LogP contribution in [0.25, 0.3) is 21.8 Å². The second kappa shape index (κ2) is 7.51. The molecule has 0 saturated heterocycles. The van der Waals surface area contributed by atoms with Gasteiger partial charge in [-0.2, -0.15) is 0 Å². The van der Waals surface area contributed by atoms with Crippen LogP contribution in [0.1, 0.15) is 28.9 Å². The Morgan fingerprint density at radius 1 is 1.07 bits per heavy atom. The number of amides is 1. The Morgan fingerprint density at radius 3 is 2.40 bits per heavy atom. The number of ether oxygens (including phenoxy) is 1. The molecule has 152 valence electrons. The molecule has 1 heterocycles. The van der Waals surface area contributed by atoms with Crippen molar-refractivity contribution in [3.05, 3.63) is 77.6 Å². The van der Waals surface area contributed by atoms with Gasteiger partial charge in [-0.15, -0.1) is 0 Å². The Hall–Kier alpha value is -3.87. The summed E-state index contributed by atoms with van der Waals surface area (Å²) in [7, 11) is 0. The van der Waals surface area contributed by atoms with Gasteiger partial charge in [0.05, 0.1) is 22.5 Å². The standard InChI is InChI=1S/C23H19FN2O4/c1-13(14-5-2-6-15(24)11-14)26-17-8-3-7-16(23(25)29)21(17)22-18(26)9-4-10-19(22)30-12-20(27)28/h2-11,13H,12H2,1H3,(H2,25,29)(H,27,28). The first-order valence-electron chi connectivity index (χ1n) is 9.34. The Balaban J connectivity index is 2.07. The molecule has 6 nitrogen and oxygen atoms in total. The van der Waals surface area contributed by atoms with E-state index >= 15 is 0 Å². The molecule has 0 aliphatic heterocycles. The van der Waals surface area contributed by atoms with Gasteiger partial charge in [-0.25, -0.2) is 9.18 Å². The van der Waals surface area contributed by atoms with E-state index in [4.69, 9.17) is 15.6 Å². The molecule has 30 heavy (non-hydrogen) atoms. The molecule has 7 heteroatoms. The zero-order valence-corrected chi connectivity index (χ0v) is 16.1. The predicted octanol–water partition coefficient (Wildman–Crippen LogP) is 4.11. The fourth-order valence-electron chi connectivity index (χ4n) is 3.90. The Labute approximate surface area is 171 Å². The van der Waals surface area contributed by atoms with Crippen LogP contribution in [0, 0.1) is 5.82 Å². The van der Waals surface area contributed by atoms with E-state index in [1.54, 1.807) is 30.3 Å². The summed E-state index contributed by atoms with van der Waals surface area (Å²) in [6, 6.07) is 16.5. The monoisotopic (exact) mass is 406 g/mol. The maximum absolute atomic E-state index is 13.9. The van der Waals surface area contributed by atoms with E-state index in [0.717, 1.165) is 11.1 Å². The first kappa shape index (κ1) is 19.4. The summed E-state index contributed by atoms with van der Waals surface area (Å²) >= 11 is 0. The Morgan fingerprint density at radius 2 is 1.73 bits per heavy atom. The second-order valence-electron chi connectivity index (χ2n) is 7.00. The van der Waals surface area contributed by atoms with Crippen LogP contribution in [-0.4, -0.2) is 28.2 Å². The number of aliphatic carboxylic acids is 1. The Bertz CT molecular complexity index is 1300. The first-order valence-corrected chi connectivity index (χ1v) is 9.34. The molecule has 4 aromatic rings. The molecule has 0 spiro atoms. The van der Waals surface area contributed by atoms with Gasteiger partial charge in [-0.3, -0.25) is 4.79 Å². The van der Waals surface area contributed by atoms with Crippen molar-refractivity contribution in [2.75, 3.05) is 6.61 Å². The first-order chi connectivity index (χ1) is 14.4. The molecule has 1 amide bonds. The zero-order chi connectivity index (χ0) is 21.4. The topological polar surface area (TPSA) is 94.6 Å². The summed E-state index contributed by atoms with van der Waals surface area (Å²) in [5.74, 6) is -1.73. The molecule has 0 saturated carbocycles. The lowest BCUT2D eigenvalue weighted by molar-refractivity contribution is -0.139. The number of primary amides is 1. The van der Waals surface area contributed by atoms with Gasteiger partial charge in [0, 0.05) is 10.9 Å². The number of hydrogen-bond acceptors (Lipinski definition) is 3. The minimum absolute atomic E-state index is 0.279. The third-order valence-electron chi connectivity index (χ3n) is 5.15. The summed E-state index contributed by atoms with van der Waals surface area (Å²) in [5, 5.41) is 10.2. The van der Waals surface area contributed by atoms with Gasteiger partial charge in [0.1, 0.15) is 11.6 Å². The molecule has 3 N–H and O–H groups in total. The number of carboxylic acids is 1. The lowest BCUT2D eigenvalue weighted by atomic mass is 10.1. The second-order valence-corrected chi connectivity index (χ2v) is 7.00. The summed E-state index contributed by atoms with van der Waals surface area (Å²) in [6.07, 6.45) is 0. The third-order valence-corrected chi connectivity index (χ3v) is 5.15. The molecule has 1 unspecified atom stereocenters. The zero-order valence-electron chi connectivity index (χ0n) is 16.1. The summed E-state index contributed by atoms with van der Waals surface area (Å²) in [4.78, 5) is 23.2. The molecule has 0 aliphatic rings. The molecular weight excluding hydrogens is 387 g/mol. The molecule has 1 aromatic heterocycles. The number of carbonyl (C=O) groups excluding carboxylic acids is 1. The number of aromatic nitrogens is 1. The number of nitrogens with zero attached hydrogens (tertiary/aromatic N) is 1. The van der Waals surface area contributed by atoms with E-state index < -0.39 is 18.5 Å². The molecule has 4 rings (SSSR count). The van der Waals surface area contributed by atoms with Crippen LogP contribution in [0.4, 0.5) is 4.39 Å². The van der Waals surface area contributed by atoms with Crippen LogP contribution >= 0.6 is 0 Å². The van der Waals surface area contributed by atoms with Gasteiger partial charge in [-0.05, 0) is 48.9 Å². The van der Waals surface area contributed by atoms with Crippen molar-refractivity contribution >= 4 is 33.7 Å². The lowest BCUT2D eigenvalue weighted by Gasteiger charge is -2.18. The number of rotatable bonds is 6. The van der Waals surface area contributed by atoms with Crippen molar-refractivity contribution in [2.24, 2.45) is 5.73 Å². The molecule has 0 radical (unpaired) electrons. The van der Waals surface area contributed by atoms with E-state index in [-0.39, 0.29) is 11.9 Å². The van der Waals surface area contributed by atoms with Crippen molar-refractivity contribution in [3.8, 4) is 5.75 Å². The van der Waals surface area contributed by atoms with Crippen molar-refractivity contribution in [2.45, 2.75) is 13.0 Å². The minimum Gasteiger partial charge on any atom is -0.481 e. The number of carboxylic acid groups (broad SMARTS) is 1. The maximum Gasteiger partial charge on any atom is 0.341 e. The number of fused-ring (bicyclic) bond motifs is 3. The highest BCUT2D eigenvalue weighted by molar-refractivity contribution is 6.19. The fraction of sp³-hybridized carbons (Fsp3) is 0.130. The van der Waals surface area contributed by atoms with Gasteiger partial charge in [-0.1, -0.05) is 24.3 Å². The van der Waals surface area contributed by atoms with Crippen LogP contribution in [0.3, 0.4) is 0 Å². The van der Waals surface area contributed by atoms with E-state index in [0.29, 0.717) is 27.6 Å². The van der Waals surface area contributed by atoms with Crippen molar-refractivity contribution < 1.29 is 23.8 Å². The van der Waals surface area contributed by atoms with Gasteiger partial charge in [0.25, 0.3) is 0 Å². The largest absolute Gasteiger partial charge is 0.481 e. The lowest BCUT2D eigenvalue weighted by Crippen LogP contribution is -2.12. The summed E-state index contributed by atoms with van der Waals surface area (Å²) in [5.41, 5.74) is 8.11. The number of halogens is 1. The minimum atomic E-state index is -1.11. The molecule has 0 aliphatic carbocycles. The van der Waals surface area contributed by atoms with E-state index in [2.05, 4.69) is 0 Å². The molecule has 0 bridgehead atoms. The highest BCUT2D eigenvalue weighted by atomic mass is 19.1. The summed E-state index contributed by atoms with van der Waals surface area (Å²) < 4.78 is 21.3. The average Bonchev–Trinajstić information content (AvgIpc) is 3.06. The van der Waals surface area contributed by atoms with Crippen molar-refractivity contribution in [3.63, 3.8) is 0 Å². The quantitative estimate of drug-likeness (QED) is 0.504. The number of benzene rings is 3. The van der Waals surface area contributed by atoms with Gasteiger partial charge in [0.2, 0.25) is 5.91 Å². The SMILES string of the molecule is CC(c1cccc(F)c1)n1c2cccc(OCC(=O)O)c2c2c(C(N)=O)cccc21. The Kier molecular flexibility index (Phi) is 4.87. The average molecular weight is 406 g/mol. The predicted molar refractivity (Wildman–Crippen MR) is 111 cm³/mol. The van der Waals surface area contributed by atoms with Gasteiger partial charge < -0.3 is 20.1 Å². The summed E-state index contributed by atoms with van der Waals surface area (Å²) in [6.45, 7) is 1.40. The number of nitrogens with two attached hydrogens (primary N) is 1. The number of hydrogen-bond donors (Lipinski definition) is 2. The van der Waals surface area contributed by atoms with E-state index in [1.165, 1.54) is 12.1 Å². The van der Waals surface area contributed by atoms with Crippen molar-refractivity contribution in [1.82, 2.24) is 4.57 Å². The highest BCUT2D eigenvalue weighted by Crippen LogP contribution is 2.40. The van der Waals surface area contributed by atoms with Gasteiger partial charge >= 0.3 is 5.97 Å². The van der Waals surface area contributed by atoms with Crippen LogP contribution in [0.5, 0.6) is 5.75 Å². The van der Waals surface area contributed by atoms with Crippen LogP contribution < -0.4 is 10.5 Å². The molecule has 0 fully saturated rings. The van der Waals surface area contributed by atoms with Crippen LogP contribution in [0.2, 0.25) is 0 Å². The highest BCUT2D eigenvalue weighted by Gasteiger charge is 2.23. The van der Waals surface area contributed by atoms with Crippen LogP contribution in [-0.2, 0) is 4.79 Å². The molecule has 1 atom stereocenters. The normalized spacial score (nSPS) is 12.2. The van der Waals surface area contributed by atoms with Crippen LogP contribution in [0.15, 0.2) is 60.7 Å². The van der Waals surface area contributed by atoms with E-state index in [1.807, 2.05) is 29.7 Å². The smallest absolute Gasteiger partial charge is 0.341 e. The fourth-order valence-corrected chi connectivity index (χ4v) is 3.90. The van der Waals surface area contributed by atoms with Gasteiger partial charge in [0.15, 0.2) is 6.61 Å². The van der Waals surface area contributed by atoms with E-state index in [9.17, 15) is 14.0 Å². The number of carbonyl (C=O) groups is 2. The molecule has 3 aromatic carbocycles. The molecular formula is C23H19FN2O4. The maximum atomic E-state index is 13.9. The van der Waals surface area contributed by atoms with Crippen molar-refractivity contribution in [1.29, 1.82) is 0 Å². The third kappa shape index (κ3) is 3.24.